The molecule has 0 spiro atoms. The zero-order valence-corrected chi connectivity index (χ0v) is 12.6. The molecule has 0 aliphatic carbocycles. The number of nitriles is 1. The monoisotopic (exact) mass is 309 g/mol. The first-order valence-corrected chi connectivity index (χ1v) is 7.17. The Labute approximate surface area is 132 Å². The van der Waals surface area contributed by atoms with E-state index in [9.17, 15) is 9.59 Å². The molecule has 7 nitrogen and oxygen atoms in total. The lowest BCUT2D eigenvalue weighted by molar-refractivity contribution is -0.129. The average Bonchev–Trinajstić information content (AvgIpc) is 2.97. The quantitative estimate of drug-likeness (QED) is 0.877. The summed E-state index contributed by atoms with van der Waals surface area (Å²) in [7, 11) is 0. The second kappa shape index (κ2) is 5.93. The minimum absolute atomic E-state index is 0.107. The highest BCUT2D eigenvalue weighted by Gasteiger charge is 2.26. The first-order chi connectivity index (χ1) is 11.1. The molecule has 1 aromatic heterocycles. The van der Waals surface area contributed by atoms with Crippen molar-refractivity contribution in [3.05, 3.63) is 57.3 Å². The molecule has 0 radical (unpaired) electrons. The summed E-state index contributed by atoms with van der Waals surface area (Å²) < 4.78 is 0. The van der Waals surface area contributed by atoms with E-state index in [2.05, 4.69) is 15.3 Å². The molecule has 2 aromatic rings. The molecule has 0 saturated heterocycles. The summed E-state index contributed by atoms with van der Waals surface area (Å²) >= 11 is 0. The predicted molar refractivity (Wildman–Crippen MR) is 83.5 cm³/mol. The van der Waals surface area contributed by atoms with Crippen LogP contribution in [0, 0.1) is 18.3 Å². The summed E-state index contributed by atoms with van der Waals surface area (Å²) in [6.45, 7) is 2.48. The van der Waals surface area contributed by atoms with Crippen LogP contribution in [0.3, 0.4) is 0 Å². The summed E-state index contributed by atoms with van der Waals surface area (Å²) in [4.78, 5) is 32.7. The van der Waals surface area contributed by atoms with Crippen LogP contribution >= 0.6 is 0 Å². The van der Waals surface area contributed by atoms with E-state index in [0.29, 0.717) is 29.2 Å². The van der Waals surface area contributed by atoms with Crippen molar-refractivity contribution >= 4 is 11.6 Å². The summed E-state index contributed by atoms with van der Waals surface area (Å²) in [5.41, 5.74) is 2.38. The third-order valence-corrected chi connectivity index (χ3v) is 3.72. The van der Waals surface area contributed by atoms with E-state index in [1.807, 2.05) is 6.07 Å². The standard InChI is InChI=1S/C16H15N5O2/c1-10-19-14-9-21(8-13(14)16(23)20-10)15(22)7-18-12-4-2-11(6-17)3-5-12/h2-5,18H,7-9H2,1H3,(H,19,20,23). The van der Waals surface area contributed by atoms with Crippen LogP contribution in [0.5, 0.6) is 0 Å². The number of amides is 1. The lowest BCUT2D eigenvalue weighted by Gasteiger charge is -2.15. The number of hydrogen-bond donors (Lipinski definition) is 2. The van der Waals surface area contributed by atoms with Gasteiger partial charge < -0.3 is 15.2 Å². The van der Waals surface area contributed by atoms with Gasteiger partial charge >= 0.3 is 0 Å². The lowest BCUT2D eigenvalue weighted by atomic mass is 10.2. The van der Waals surface area contributed by atoms with Crippen molar-refractivity contribution in [2.45, 2.75) is 20.0 Å². The SMILES string of the molecule is Cc1nc2c(c(=O)[nH]1)CN(C(=O)CNc1ccc(C#N)cc1)C2. The van der Waals surface area contributed by atoms with Crippen LogP contribution in [0.4, 0.5) is 5.69 Å². The fourth-order valence-corrected chi connectivity index (χ4v) is 2.52. The number of carbonyl (C=O) groups excluding carboxylic acids is 1. The Morgan fingerprint density at radius 1 is 1.39 bits per heavy atom. The van der Waals surface area contributed by atoms with Gasteiger partial charge in [0.15, 0.2) is 0 Å². The Morgan fingerprint density at radius 2 is 2.13 bits per heavy atom. The number of anilines is 1. The molecule has 116 valence electrons. The van der Waals surface area contributed by atoms with Crippen molar-refractivity contribution in [2.75, 3.05) is 11.9 Å². The van der Waals surface area contributed by atoms with Gasteiger partial charge in [0.25, 0.3) is 5.56 Å². The molecule has 2 N–H and O–H groups in total. The van der Waals surface area contributed by atoms with Crippen molar-refractivity contribution in [3.63, 3.8) is 0 Å². The first kappa shape index (κ1) is 14.8. The van der Waals surface area contributed by atoms with E-state index in [1.165, 1.54) is 0 Å². The molecule has 1 aromatic carbocycles. The van der Waals surface area contributed by atoms with Gasteiger partial charge in [0.1, 0.15) is 5.82 Å². The second-order valence-corrected chi connectivity index (χ2v) is 5.37. The highest BCUT2D eigenvalue weighted by Crippen LogP contribution is 2.17. The lowest BCUT2D eigenvalue weighted by Crippen LogP contribution is -2.31. The molecule has 0 fully saturated rings. The fourth-order valence-electron chi connectivity index (χ4n) is 2.52. The Hall–Kier alpha value is -3.14. The molecule has 23 heavy (non-hydrogen) atoms. The van der Waals surface area contributed by atoms with E-state index in [4.69, 9.17) is 5.26 Å². The van der Waals surface area contributed by atoms with Gasteiger partial charge in [-0.1, -0.05) is 0 Å². The van der Waals surface area contributed by atoms with E-state index in [-0.39, 0.29) is 24.6 Å². The highest BCUT2D eigenvalue weighted by atomic mass is 16.2. The molecule has 3 rings (SSSR count). The van der Waals surface area contributed by atoms with Gasteiger partial charge in [0.05, 0.1) is 42.5 Å². The van der Waals surface area contributed by atoms with Gasteiger partial charge in [-0.3, -0.25) is 9.59 Å². The maximum Gasteiger partial charge on any atom is 0.256 e. The van der Waals surface area contributed by atoms with Gasteiger partial charge in [-0.15, -0.1) is 0 Å². The summed E-state index contributed by atoms with van der Waals surface area (Å²) in [5.74, 6) is 0.447. The van der Waals surface area contributed by atoms with Crippen molar-refractivity contribution in [1.82, 2.24) is 14.9 Å². The molecule has 1 aliphatic rings. The van der Waals surface area contributed by atoms with E-state index < -0.39 is 0 Å². The van der Waals surface area contributed by atoms with Crippen LogP contribution in [-0.2, 0) is 17.9 Å². The van der Waals surface area contributed by atoms with Gasteiger partial charge in [0.2, 0.25) is 5.91 Å². The van der Waals surface area contributed by atoms with Crippen molar-refractivity contribution in [3.8, 4) is 6.07 Å². The molecule has 0 atom stereocenters. The van der Waals surface area contributed by atoms with Crippen molar-refractivity contribution < 1.29 is 4.79 Å². The number of carbonyl (C=O) groups is 1. The second-order valence-electron chi connectivity index (χ2n) is 5.37. The molecule has 1 aliphatic heterocycles. The molecular formula is C16H15N5O2. The number of benzene rings is 1. The normalized spacial score (nSPS) is 12.6. The van der Waals surface area contributed by atoms with Gasteiger partial charge in [-0.25, -0.2) is 4.98 Å². The minimum atomic E-state index is -0.178. The summed E-state index contributed by atoms with van der Waals surface area (Å²) in [5, 5.41) is 11.8. The maximum atomic E-state index is 12.3. The molecule has 2 heterocycles. The first-order valence-electron chi connectivity index (χ1n) is 7.17. The smallest absolute Gasteiger partial charge is 0.256 e. The molecule has 0 bridgehead atoms. The molecular weight excluding hydrogens is 294 g/mol. The third-order valence-electron chi connectivity index (χ3n) is 3.72. The number of nitrogens with zero attached hydrogens (tertiary/aromatic N) is 3. The number of aryl methyl sites for hydroxylation is 1. The van der Waals surface area contributed by atoms with Crippen molar-refractivity contribution in [2.24, 2.45) is 0 Å². The third kappa shape index (κ3) is 3.06. The van der Waals surface area contributed by atoms with Crippen LogP contribution in [-0.4, -0.2) is 27.3 Å². The minimum Gasteiger partial charge on any atom is -0.376 e. The fraction of sp³-hybridized carbons (Fsp3) is 0.250. The Bertz CT molecular complexity index is 848. The summed E-state index contributed by atoms with van der Waals surface area (Å²) in [6, 6.07) is 8.91. The maximum absolute atomic E-state index is 12.3. The van der Waals surface area contributed by atoms with Crippen LogP contribution in [0.1, 0.15) is 22.6 Å². The van der Waals surface area contributed by atoms with E-state index >= 15 is 0 Å². The zero-order valence-electron chi connectivity index (χ0n) is 12.6. The van der Waals surface area contributed by atoms with Gasteiger partial charge in [-0.05, 0) is 31.2 Å². The number of aromatic amines is 1. The zero-order chi connectivity index (χ0) is 16.4. The van der Waals surface area contributed by atoms with E-state index in [1.54, 1.807) is 36.1 Å². The Balaban J connectivity index is 1.63. The molecule has 7 heteroatoms. The topological polar surface area (TPSA) is 102 Å². The number of hydrogen-bond acceptors (Lipinski definition) is 5. The number of rotatable bonds is 3. The average molecular weight is 309 g/mol. The Kier molecular flexibility index (Phi) is 3.81. The molecule has 0 unspecified atom stereocenters. The molecule has 0 saturated carbocycles. The largest absolute Gasteiger partial charge is 0.376 e. The number of H-pyrrole nitrogens is 1. The predicted octanol–water partition coefficient (Wildman–Crippen LogP) is 0.904. The van der Waals surface area contributed by atoms with Gasteiger partial charge in [0, 0.05) is 5.69 Å². The van der Waals surface area contributed by atoms with Crippen LogP contribution < -0.4 is 10.9 Å². The van der Waals surface area contributed by atoms with Crippen LogP contribution in [0.2, 0.25) is 0 Å². The number of fused-ring (bicyclic) bond motifs is 1. The van der Waals surface area contributed by atoms with Gasteiger partial charge in [-0.2, -0.15) is 5.26 Å². The van der Waals surface area contributed by atoms with Crippen molar-refractivity contribution in [1.29, 1.82) is 5.26 Å². The number of nitrogens with one attached hydrogen (secondary N) is 2. The Morgan fingerprint density at radius 3 is 2.83 bits per heavy atom. The molecule has 1 amide bonds. The van der Waals surface area contributed by atoms with E-state index in [0.717, 1.165) is 5.69 Å². The summed E-state index contributed by atoms with van der Waals surface area (Å²) in [6.07, 6.45) is 0. The highest BCUT2D eigenvalue weighted by molar-refractivity contribution is 5.81. The number of aromatic nitrogens is 2. The van der Waals surface area contributed by atoms with Crippen LogP contribution in [0.15, 0.2) is 29.1 Å². The van der Waals surface area contributed by atoms with Crippen LogP contribution in [0.25, 0.3) is 0 Å².